The van der Waals surface area contributed by atoms with Gasteiger partial charge in [-0.2, -0.15) is 15.3 Å². The zero-order chi connectivity index (χ0) is 74.7. The van der Waals surface area contributed by atoms with E-state index < -0.39 is 0 Å². The van der Waals surface area contributed by atoms with Gasteiger partial charge in [0.1, 0.15) is 41.7 Å². The number of hydrogen-bond donors (Lipinski definition) is 8. The molecule has 10 aromatic heterocycles. The molecule has 10 aromatic rings. The van der Waals surface area contributed by atoms with Gasteiger partial charge >= 0.3 is 11.9 Å². The maximum Gasteiger partial charge on any atom is 0.337 e. The minimum atomic E-state index is -0.297. The van der Waals surface area contributed by atoms with E-state index in [1.165, 1.54) is 39.7 Å². The molecule has 28 heteroatoms. The van der Waals surface area contributed by atoms with Crippen molar-refractivity contribution in [3.8, 4) is 33.9 Å². The predicted octanol–water partition coefficient (Wildman–Crippen LogP) is 12.1. The van der Waals surface area contributed by atoms with Gasteiger partial charge < -0.3 is 45.9 Å². The number of methoxy groups -OCH3 is 2. The number of aromatic nitrogens is 15. The van der Waals surface area contributed by atoms with Crippen LogP contribution in [0.5, 0.6) is 0 Å². The van der Waals surface area contributed by atoms with Crippen molar-refractivity contribution in [2.45, 2.75) is 112 Å². The third-order valence-electron chi connectivity index (χ3n) is 15.1. The van der Waals surface area contributed by atoms with Gasteiger partial charge in [-0.3, -0.25) is 34.9 Å². The van der Waals surface area contributed by atoms with Gasteiger partial charge in [-0.1, -0.05) is 48.0 Å². The molecule has 1 aliphatic carbocycles. The van der Waals surface area contributed by atoms with E-state index in [9.17, 15) is 19.2 Å². The van der Waals surface area contributed by atoms with E-state index in [-0.39, 0.29) is 23.8 Å². The third-order valence-corrected chi connectivity index (χ3v) is 15.1. The first-order valence-corrected chi connectivity index (χ1v) is 33.7. The zero-order valence-electron chi connectivity index (χ0n) is 62.1. The number of hydrogen-bond acceptors (Lipinski definition) is 23. The Labute approximate surface area is 598 Å². The second kappa shape index (κ2) is 42.4. The molecule has 2 amide bonds. The van der Waals surface area contributed by atoms with Gasteiger partial charge in [0, 0.05) is 156 Å². The summed E-state index contributed by atoms with van der Waals surface area (Å²) in [5.74, 6) is 5.86. The number of rotatable bonds is 20. The number of nitrogens with zero attached hydrogens (tertiary/aromatic N) is 14. The van der Waals surface area contributed by atoms with Crippen LogP contribution in [0.15, 0.2) is 122 Å². The third kappa shape index (κ3) is 26.3. The van der Waals surface area contributed by atoms with Crippen molar-refractivity contribution in [3.63, 3.8) is 0 Å². The van der Waals surface area contributed by atoms with Gasteiger partial charge in [-0.15, -0.1) is 0 Å². The summed E-state index contributed by atoms with van der Waals surface area (Å²) in [6.45, 7) is 14.3. The largest absolute Gasteiger partial charge is 0.465 e. The van der Waals surface area contributed by atoms with E-state index in [2.05, 4.69) is 128 Å². The Morgan fingerprint density at radius 1 is 0.510 bits per heavy atom. The number of aromatic amines is 3. The van der Waals surface area contributed by atoms with E-state index in [0.29, 0.717) is 34.1 Å². The average Bonchev–Trinajstić information content (AvgIpc) is 1.68. The van der Waals surface area contributed by atoms with Crippen LogP contribution in [0.25, 0.3) is 33.9 Å². The number of H-pyrrole nitrogens is 3. The van der Waals surface area contributed by atoms with Gasteiger partial charge in [0.05, 0.1) is 31.5 Å². The van der Waals surface area contributed by atoms with Crippen LogP contribution in [0.1, 0.15) is 160 Å². The van der Waals surface area contributed by atoms with Crippen LogP contribution >= 0.6 is 0 Å². The van der Waals surface area contributed by atoms with Gasteiger partial charge in [0.2, 0.25) is 0 Å². The lowest BCUT2D eigenvalue weighted by Gasteiger charge is -2.12. The van der Waals surface area contributed by atoms with Crippen molar-refractivity contribution in [1.29, 1.82) is 0 Å². The maximum atomic E-state index is 11.9. The molecular weight excluding hydrogens is 1290 g/mol. The Balaban J connectivity index is 0.000000215. The second-order valence-electron chi connectivity index (χ2n) is 23.6. The second-order valence-corrected chi connectivity index (χ2v) is 23.6. The lowest BCUT2D eigenvalue weighted by molar-refractivity contribution is 0.0591. The highest BCUT2D eigenvalue weighted by atomic mass is 16.5. The molecule has 1 aliphatic rings. The lowest BCUT2D eigenvalue weighted by atomic mass is 10.1. The first-order valence-electron chi connectivity index (χ1n) is 33.7. The van der Waals surface area contributed by atoms with E-state index in [1.807, 2.05) is 118 Å². The molecule has 0 aromatic carbocycles. The van der Waals surface area contributed by atoms with Crippen LogP contribution in [-0.2, 0) is 35.2 Å². The molecule has 1 fully saturated rings. The normalized spacial score (nSPS) is 10.8. The molecule has 28 nitrogen and oxygen atoms in total. The Bertz CT molecular complexity index is 4080. The van der Waals surface area contributed by atoms with E-state index in [1.54, 1.807) is 93.0 Å². The minimum absolute atomic E-state index is 0.0154. The van der Waals surface area contributed by atoms with Crippen molar-refractivity contribution in [2.24, 2.45) is 0 Å². The number of aryl methyl sites for hydroxylation is 5. The molecule has 0 radical (unpaired) electrons. The molecule has 0 spiro atoms. The average molecular weight is 1390 g/mol. The molecule has 11 rings (SSSR count). The van der Waals surface area contributed by atoms with Crippen molar-refractivity contribution in [1.82, 2.24) is 85.2 Å². The number of unbranched alkanes of at least 4 members (excludes halogenated alkanes) is 1. The summed E-state index contributed by atoms with van der Waals surface area (Å²) in [7, 11) is 19.0. The molecule has 542 valence electrons. The fraction of sp³-hybridized carbons (Fsp3) is 0.378. The number of pyridine rings is 7. The number of ether oxygens (including phenoxy) is 2. The molecule has 102 heavy (non-hydrogen) atoms. The number of esters is 2. The number of anilines is 5. The summed E-state index contributed by atoms with van der Waals surface area (Å²) in [5.41, 5.74) is 13.4. The highest BCUT2D eigenvalue weighted by molar-refractivity contribution is 5.95. The number of carbonyl (C=O) groups excluding carboxylic acids is 4. The molecular formula is C74H100N22O6. The smallest absolute Gasteiger partial charge is 0.337 e. The van der Waals surface area contributed by atoms with Crippen molar-refractivity contribution in [3.05, 3.63) is 184 Å². The molecule has 10 heterocycles. The monoisotopic (exact) mass is 1390 g/mol. The Morgan fingerprint density at radius 2 is 0.980 bits per heavy atom. The lowest BCUT2D eigenvalue weighted by Crippen LogP contribution is -2.22. The fourth-order valence-electron chi connectivity index (χ4n) is 9.30. The minimum Gasteiger partial charge on any atom is -0.465 e. The number of amides is 2. The summed E-state index contributed by atoms with van der Waals surface area (Å²) in [6, 6.07) is 26.1. The zero-order valence-corrected chi connectivity index (χ0v) is 62.1. The van der Waals surface area contributed by atoms with Crippen LogP contribution in [0.4, 0.5) is 29.1 Å². The number of nitrogens with one attached hydrogen (secondary N) is 8. The van der Waals surface area contributed by atoms with E-state index in [0.717, 1.165) is 141 Å². The van der Waals surface area contributed by atoms with Gasteiger partial charge in [-0.25, -0.2) is 44.5 Å². The summed E-state index contributed by atoms with van der Waals surface area (Å²) in [5, 5.41) is 34.8. The van der Waals surface area contributed by atoms with Crippen LogP contribution in [0.2, 0.25) is 0 Å². The van der Waals surface area contributed by atoms with Crippen molar-refractivity contribution in [2.75, 3.05) is 104 Å². The molecule has 0 saturated heterocycles. The van der Waals surface area contributed by atoms with Crippen LogP contribution < -0.4 is 26.6 Å². The molecule has 1 saturated carbocycles. The Kier molecular flexibility index (Phi) is 33.7. The number of carbonyl (C=O) groups is 4. The van der Waals surface area contributed by atoms with Gasteiger partial charge in [0.25, 0.3) is 11.8 Å². The van der Waals surface area contributed by atoms with Crippen molar-refractivity contribution < 1.29 is 28.7 Å². The van der Waals surface area contributed by atoms with Crippen LogP contribution in [0, 0.1) is 6.92 Å². The van der Waals surface area contributed by atoms with E-state index >= 15 is 0 Å². The Hall–Kier alpha value is -11.6. The molecule has 0 unspecified atom stereocenters. The first kappa shape index (κ1) is 81.1. The highest BCUT2D eigenvalue weighted by Crippen LogP contribution is 2.40. The summed E-state index contributed by atoms with van der Waals surface area (Å²) in [4.78, 5) is 88.1. The molecule has 8 N–H and O–H groups in total. The Morgan fingerprint density at radius 3 is 1.44 bits per heavy atom. The molecule has 0 atom stereocenters. The molecule has 0 aliphatic heterocycles. The topological polar surface area (TPSA) is 355 Å². The van der Waals surface area contributed by atoms with Gasteiger partial charge in [-0.05, 0) is 148 Å². The highest BCUT2D eigenvalue weighted by Gasteiger charge is 2.27. The van der Waals surface area contributed by atoms with Gasteiger partial charge in [0.15, 0.2) is 11.6 Å². The maximum absolute atomic E-state index is 11.9. The van der Waals surface area contributed by atoms with E-state index in [4.69, 9.17) is 4.74 Å². The van der Waals surface area contributed by atoms with Crippen LogP contribution in [-0.4, -0.2) is 187 Å². The van der Waals surface area contributed by atoms with Crippen LogP contribution in [0.3, 0.4) is 0 Å². The van der Waals surface area contributed by atoms with Crippen molar-refractivity contribution >= 4 is 52.8 Å². The predicted molar refractivity (Wildman–Crippen MR) is 402 cm³/mol. The summed E-state index contributed by atoms with van der Waals surface area (Å²) < 4.78 is 9.37. The summed E-state index contributed by atoms with van der Waals surface area (Å²) >= 11 is 0. The standard InChI is InChI=1S/C13H21N3O.C12H17N3O.C12H17NO2.C11H15NO2.C9H11N5.C9H10N4.C8H9N5/c1-5-6-7-11-8-10(13(17)16(3)4)9-12(14-2)15-11;1-13-11-7-9(12(16)15(2)3)6-10(14-11)8-4-5-8;1-5-10-6-9(12(14)15-4)7-11(13-10)8(2)3;1-4-9-6-8(11(13)14-3)7-10(5-2)12-9;1-6-3-7(4-8(10-2)13-6)9-11-5-12-14-9;1-10-9-4-7(2-3-11-9)8-5-12-13-6-8;1-9-7-4-6(2-3-10-7)8-11-5-12-13-8/h8-9H,5-7H2,1-4H3,(H,14,15);6-8H,4-5H2,1-3H3,(H,13,14);6-8H,5H2,1-4H3;6-7H,4-5H2,1-3H3;3-5H,1-2H3,(H,10,13)(H,11,12,14);2-6H,1H3,(H,10,11)(H,12,13);2-5H,1H3,(H,9,10)(H,11,12,13). The quantitative estimate of drug-likeness (QED) is 0.0329. The SMILES string of the molecule is CCCCc1cc(C(=O)N(C)C)cc(NC)n1.CCc1cc(C(=O)OC)cc(C(C)C)n1.CCc1cc(C(=O)OC)cc(CC)n1.CNc1cc(-c2cn[nH]c2)ccn1.CNc1cc(-c2ncn[nH]2)cc(C)n1.CNc1cc(-c2ncn[nH]2)ccn1.CNc1cc(C(=O)N(C)C)cc(C2CC2)n1. The fourth-order valence-corrected chi connectivity index (χ4v) is 9.30. The molecule has 0 bridgehead atoms. The first-order chi connectivity index (χ1) is 49.1. The summed E-state index contributed by atoms with van der Waals surface area (Å²) in [6.07, 6.45) is 18.1.